The molecule has 5 nitrogen and oxygen atoms in total. The van der Waals surface area contributed by atoms with Crippen LogP contribution in [0.25, 0.3) is 10.8 Å². The van der Waals surface area contributed by atoms with Crippen LogP contribution in [0, 0.1) is 19.8 Å². The summed E-state index contributed by atoms with van der Waals surface area (Å²) in [6.45, 7) is 10.1. The van der Waals surface area contributed by atoms with E-state index in [0.29, 0.717) is 35.5 Å². The van der Waals surface area contributed by atoms with Crippen LogP contribution in [0.4, 0.5) is 0 Å². The summed E-state index contributed by atoms with van der Waals surface area (Å²) in [4.78, 5) is 11.6. The average molecular weight is 346 g/mol. The van der Waals surface area contributed by atoms with E-state index >= 15 is 0 Å². The Hall–Kier alpha value is -2.43. The molecular weight excluding hydrogens is 320 g/mol. The van der Waals surface area contributed by atoms with Crippen LogP contribution in [0.1, 0.15) is 31.9 Å². The molecule has 2 aromatic carbocycles. The molecule has 0 fully saturated rings. The fourth-order valence-corrected chi connectivity index (χ4v) is 2.65. The Balaban J connectivity index is 2.88. The molecule has 0 spiro atoms. The highest BCUT2D eigenvalue weighted by Crippen LogP contribution is 2.51. The number of methoxy groups -OCH3 is 2. The Morgan fingerprint density at radius 1 is 0.920 bits per heavy atom. The van der Waals surface area contributed by atoms with Crippen LogP contribution in [0.2, 0.25) is 0 Å². The van der Waals surface area contributed by atoms with Crippen LogP contribution in [0.5, 0.6) is 23.0 Å². The second kappa shape index (κ2) is 7.64. The predicted molar refractivity (Wildman–Crippen MR) is 98.2 cm³/mol. The Bertz CT molecular complexity index is 793. The number of carbonyl (C=O) groups is 1. The SMILES string of the molecule is COc1c(OC)c(OC(C)=O)c2cc(C)c(C)cc2c1OCC(C)C. The van der Waals surface area contributed by atoms with Gasteiger partial charge in [-0.25, -0.2) is 0 Å². The van der Waals surface area contributed by atoms with Gasteiger partial charge in [-0.3, -0.25) is 4.79 Å². The van der Waals surface area contributed by atoms with Gasteiger partial charge in [0.2, 0.25) is 11.5 Å². The van der Waals surface area contributed by atoms with Gasteiger partial charge in [-0.15, -0.1) is 0 Å². The monoisotopic (exact) mass is 346 g/mol. The van der Waals surface area contributed by atoms with E-state index in [1.807, 2.05) is 26.0 Å². The lowest BCUT2D eigenvalue weighted by Crippen LogP contribution is -2.09. The number of carbonyl (C=O) groups excluding carboxylic acids is 1. The summed E-state index contributed by atoms with van der Waals surface area (Å²) in [5.74, 6) is 1.66. The van der Waals surface area contributed by atoms with Crippen molar-refractivity contribution in [3.63, 3.8) is 0 Å². The fourth-order valence-electron chi connectivity index (χ4n) is 2.65. The third kappa shape index (κ3) is 3.81. The van der Waals surface area contributed by atoms with Crippen LogP contribution in [-0.2, 0) is 4.79 Å². The second-order valence-corrected chi connectivity index (χ2v) is 6.51. The van der Waals surface area contributed by atoms with Crippen molar-refractivity contribution in [1.29, 1.82) is 0 Å². The molecule has 0 radical (unpaired) electrons. The highest BCUT2D eigenvalue weighted by Gasteiger charge is 2.25. The van der Waals surface area contributed by atoms with Gasteiger partial charge in [0.1, 0.15) is 0 Å². The summed E-state index contributed by atoms with van der Waals surface area (Å²) < 4.78 is 22.6. The molecule has 0 amide bonds. The van der Waals surface area contributed by atoms with Crippen LogP contribution in [-0.4, -0.2) is 26.8 Å². The molecule has 0 aromatic heterocycles. The zero-order valence-corrected chi connectivity index (χ0v) is 16.0. The molecule has 25 heavy (non-hydrogen) atoms. The first-order valence-corrected chi connectivity index (χ1v) is 8.30. The quantitative estimate of drug-likeness (QED) is 0.572. The number of aryl methyl sites for hydroxylation is 2. The summed E-state index contributed by atoms with van der Waals surface area (Å²) in [5, 5.41) is 1.59. The molecule has 0 aliphatic rings. The molecule has 0 heterocycles. The van der Waals surface area contributed by atoms with Crippen molar-refractivity contribution in [1.82, 2.24) is 0 Å². The number of fused-ring (bicyclic) bond motifs is 1. The maximum absolute atomic E-state index is 11.6. The number of hydrogen-bond donors (Lipinski definition) is 0. The van der Waals surface area contributed by atoms with Gasteiger partial charge in [0.15, 0.2) is 11.5 Å². The van der Waals surface area contributed by atoms with Crippen molar-refractivity contribution in [2.45, 2.75) is 34.6 Å². The number of ether oxygens (including phenoxy) is 4. The third-order valence-electron chi connectivity index (χ3n) is 3.96. The molecule has 2 rings (SSSR count). The van der Waals surface area contributed by atoms with Gasteiger partial charge in [0.25, 0.3) is 0 Å². The van der Waals surface area contributed by atoms with E-state index in [2.05, 4.69) is 13.8 Å². The van der Waals surface area contributed by atoms with E-state index in [4.69, 9.17) is 18.9 Å². The smallest absolute Gasteiger partial charge is 0.308 e. The molecule has 0 aliphatic heterocycles. The largest absolute Gasteiger partial charge is 0.490 e. The Kier molecular flexibility index (Phi) is 5.77. The zero-order valence-electron chi connectivity index (χ0n) is 16.0. The fraction of sp³-hybridized carbons (Fsp3) is 0.450. The minimum atomic E-state index is -0.421. The van der Waals surface area contributed by atoms with E-state index in [9.17, 15) is 4.79 Å². The minimum Gasteiger partial charge on any atom is -0.490 e. The van der Waals surface area contributed by atoms with Crippen LogP contribution in [0.15, 0.2) is 12.1 Å². The molecule has 0 saturated carbocycles. The first kappa shape index (κ1) is 18.9. The normalized spacial score (nSPS) is 10.9. The molecule has 0 saturated heterocycles. The van der Waals surface area contributed by atoms with Crippen molar-refractivity contribution >= 4 is 16.7 Å². The topological polar surface area (TPSA) is 54.0 Å². The molecule has 2 aromatic rings. The van der Waals surface area contributed by atoms with Gasteiger partial charge in [-0.05, 0) is 43.0 Å². The number of hydrogen-bond acceptors (Lipinski definition) is 5. The van der Waals surface area contributed by atoms with Crippen LogP contribution >= 0.6 is 0 Å². The summed E-state index contributed by atoms with van der Waals surface area (Å²) in [6.07, 6.45) is 0. The summed E-state index contributed by atoms with van der Waals surface area (Å²) in [5.41, 5.74) is 2.20. The average Bonchev–Trinajstić information content (AvgIpc) is 2.54. The van der Waals surface area contributed by atoms with E-state index in [1.54, 1.807) is 7.11 Å². The second-order valence-electron chi connectivity index (χ2n) is 6.51. The number of esters is 1. The van der Waals surface area contributed by atoms with Crippen molar-refractivity contribution in [2.24, 2.45) is 5.92 Å². The van der Waals surface area contributed by atoms with E-state index in [0.717, 1.165) is 21.9 Å². The van der Waals surface area contributed by atoms with Crippen LogP contribution < -0.4 is 18.9 Å². The first-order valence-electron chi connectivity index (χ1n) is 8.30. The maximum atomic E-state index is 11.6. The minimum absolute atomic E-state index is 0.349. The van der Waals surface area contributed by atoms with Crippen molar-refractivity contribution in [3.05, 3.63) is 23.3 Å². The Labute approximate surface area is 148 Å². The highest BCUT2D eigenvalue weighted by molar-refractivity contribution is 6.00. The van der Waals surface area contributed by atoms with Crippen molar-refractivity contribution < 1.29 is 23.7 Å². The van der Waals surface area contributed by atoms with Gasteiger partial charge in [0.05, 0.1) is 20.8 Å². The van der Waals surface area contributed by atoms with Crippen LogP contribution in [0.3, 0.4) is 0 Å². The first-order chi connectivity index (χ1) is 11.8. The molecule has 136 valence electrons. The van der Waals surface area contributed by atoms with Gasteiger partial charge in [0, 0.05) is 17.7 Å². The van der Waals surface area contributed by atoms with Gasteiger partial charge < -0.3 is 18.9 Å². The van der Waals surface area contributed by atoms with Gasteiger partial charge in [-0.2, -0.15) is 0 Å². The highest BCUT2D eigenvalue weighted by atomic mass is 16.6. The molecule has 0 atom stereocenters. The van der Waals surface area contributed by atoms with Crippen molar-refractivity contribution in [3.8, 4) is 23.0 Å². The lowest BCUT2D eigenvalue weighted by molar-refractivity contribution is -0.131. The predicted octanol–water partition coefficient (Wildman–Crippen LogP) is 4.43. The molecule has 0 bridgehead atoms. The molecule has 5 heteroatoms. The lowest BCUT2D eigenvalue weighted by atomic mass is 10.00. The molecule has 0 unspecified atom stereocenters. The zero-order chi connectivity index (χ0) is 18.7. The van der Waals surface area contributed by atoms with Gasteiger partial charge in [-0.1, -0.05) is 13.8 Å². The van der Waals surface area contributed by atoms with E-state index in [-0.39, 0.29) is 0 Å². The summed E-state index contributed by atoms with van der Waals surface area (Å²) >= 11 is 0. The van der Waals surface area contributed by atoms with Crippen molar-refractivity contribution in [2.75, 3.05) is 20.8 Å². The standard InChI is InChI=1S/C20H26O5/c1-11(2)10-24-17-15-8-12(3)13(4)9-16(15)18(25-14(5)21)20(23-7)19(17)22-6/h8-9,11H,10H2,1-7H3. The number of benzene rings is 2. The van der Waals surface area contributed by atoms with Gasteiger partial charge >= 0.3 is 5.97 Å². The lowest BCUT2D eigenvalue weighted by Gasteiger charge is -2.21. The Morgan fingerprint density at radius 3 is 1.84 bits per heavy atom. The molecule has 0 aliphatic carbocycles. The van der Waals surface area contributed by atoms with E-state index in [1.165, 1.54) is 14.0 Å². The molecule has 0 N–H and O–H groups in total. The Morgan fingerprint density at radius 2 is 1.40 bits per heavy atom. The third-order valence-corrected chi connectivity index (χ3v) is 3.96. The molecular formula is C20H26O5. The maximum Gasteiger partial charge on any atom is 0.308 e. The number of rotatable bonds is 6. The summed E-state index contributed by atoms with van der Waals surface area (Å²) in [7, 11) is 3.06. The summed E-state index contributed by atoms with van der Waals surface area (Å²) in [6, 6.07) is 4.00. The van der Waals surface area contributed by atoms with E-state index < -0.39 is 5.97 Å².